The molecule has 1 saturated heterocycles. The summed E-state index contributed by atoms with van der Waals surface area (Å²) in [5.41, 5.74) is 2.64. The molecule has 1 fully saturated rings. The molecule has 33 heavy (non-hydrogen) atoms. The number of amides is 1. The van der Waals surface area contributed by atoms with Crippen molar-refractivity contribution in [1.29, 1.82) is 0 Å². The summed E-state index contributed by atoms with van der Waals surface area (Å²) < 4.78 is 1.50. The minimum Gasteiger partial charge on any atom is -0.387 e. The van der Waals surface area contributed by atoms with Crippen LogP contribution in [0.1, 0.15) is 48.4 Å². The van der Waals surface area contributed by atoms with Gasteiger partial charge in [-0.3, -0.25) is 14.2 Å². The normalized spacial score (nSPS) is 22.6. The number of benzene rings is 2. The lowest BCUT2D eigenvalue weighted by Crippen LogP contribution is -2.35. The second-order valence-electron chi connectivity index (χ2n) is 8.92. The fourth-order valence-corrected chi connectivity index (χ4v) is 5.00. The Balaban J connectivity index is 1.17. The van der Waals surface area contributed by atoms with Crippen LogP contribution in [0.25, 0.3) is 0 Å². The molecule has 7 heteroatoms. The fraction of sp³-hybridized carbons (Fsp3) is 0.346. The maximum Gasteiger partial charge on any atom is 0.254 e. The number of rotatable bonds is 6. The van der Waals surface area contributed by atoms with E-state index in [2.05, 4.69) is 15.6 Å². The molecule has 7 nitrogen and oxygen atoms in total. The van der Waals surface area contributed by atoms with Crippen molar-refractivity contribution in [3.05, 3.63) is 94.2 Å². The van der Waals surface area contributed by atoms with Crippen molar-refractivity contribution >= 4 is 11.6 Å². The van der Waals surface area contributed by atoms with Gasteiger partial charge in [-0.2, -0.15) is 0 Å². The third-order valence-corrected chi connectivity index (χ3v) is 6.71. The van der Waals surface area contributed by atoms with E-state index in [-0.39, 0.29) is 17.5 Å². The van der Waals surface area contributed by atoms with E-state index in [4.69, 9.17) is 0 Å². The molecule has 170 valence electrons. The summed E-state index contributed by atoms with van der Waals surface area (Å²) in [5, 5.41) is 17.2. The number of carbonyl (C=O) groups excluding carboxylic acids is 1. The molecule has 3 heterocycles. The maximum atomic E-state index is 12.8. The number of aromatic nitrogens is 2. The number of carbonyl (C=O) groups is 1. The molecule has 3 N–H and O–H groups in total. The molecule has 2 aliphatic rings. The van der Waals surface area contributed by atoms with Gasteiger partial charge in [0.2, 0.25) is 5.91 Å². The van der Waals surface area contributed by atoms with Crippen LogP contribution in [0, 0.1) is 0 Å². The van der Waals surface area contributed by atoms with E-state index in [0.29, 0.717) is 30.4 Å². The Kier molecular flexibility index (Phi) is 6.07. The summed E-state index contributed by atoms with van der Waals surface area (Å²) in [6.45, 7) is 0. The van der Waals surface area contributed by atoms with E-state index < -0.39 is 12.1 Å². The molecule has 2 aromatic carbocycles. The van der Waals surface area contributed by atoms with Gasteiger partial charge < -0.3 is 15.7 Å². The first-order chi connectivity index (χ1) is 16.1. The molecule has 0 bridgehead atoms. The Hall–Kier alpha value is -3.29. The molecule has 0 spiro atoms. The van der Waals surface area contributed by atoms with Crippen LogP contribution in [0.4, 0.5) is 5.69 Å². The van der Waals surface area contributed by atoms with Crippen molar-refractivity contribution < 1.29 is 9.90 Å². The van der Waals surface area contributed by atoms with Gasteiger partial charge in [0.05, 0.1) is 6.10 Å². The zero-order valence-electron chi connectivity index (χ0n) is 18.4. The Morgan fingerprint density at radius 1 is 1.09 bits per heavy atom. The first-order valence-corrected chi connectivity index (χ1v) is 11.5. The lowest BCUT2D eigenvalue weighted by atomic mass is 10.0. The molecule has 3 aromatic rings. The van der Waals surface area contributed by atoms with Crippen LogP contribution < -0.4 is 16.2 Å². The largest absolute Gasteiger partial charge is 0.387 e. The number of nitrogens with one attached hydrogen (secondary N) is 2. The van der Waals surface area contributed by atoms with E-state index >= 15 is 0 Å². The minimum atomic E-state index is -0.517. The maximum absolute atomic E-state index is 12.8. The van der Waals surface area contributed by atoms with Gasteiger partial charge in [0.15, 0.2) is 0 Å². The van der Waals surface area contributed by atoms with Gasteiger partial charge in [-0.05, 0) is 48.9 Å². The highest BCUT2D eigenvalue weighted by Gasteiger charge is 2.31. The van der Waals surface area contributed by atoms with Gasteiger partial charge in [0.1, 0.15) is 11.9 Å². The molecular formula is C26H28N4O3. The number of hydrogen-bond acceptors (Lipinski definition) is 5. The summed E-state index contributed by atoms with van der Waals surface area (Å²) >= 11 is 0. The molecule has 0 radical (unpaired) electrons. The predicted molar refractivity (Wildman–Crippen MR) is 126 cm³/mol. The van der Waals surface area contributed by atoms with Gasteiger partial charge in [-0.25, -0.2) is 4.98 Å². The van der Waals surface area contributed by atoms with Gasteiger partial charge in [0.25, 0.3) is 5.56 Å². The number of fused-ring (bicyclic) bond motifs is 1. The average Bonchev–Trinajstić information content (AvgIpc) is 3.49. The van der Waals surface area contributed by atoms with Gasteiger partial charge >= 0.3 is 0 Å². The van der Waals surface area contributed by atoms with Crippen molar-refractivity contribution in [2.45, 2.75) is 56.3 Å². The molecule has 1 aromatic heterocycles. The van der Waals surface area contributed by atoms with Gasteiger partial charge in [-0.1, -0.05) is 42.5 Å². The lowest BCUT2D eigenvalue weighted by molar-refractivity contribution is -0.119. The minimum absolute atomic E-state index is 0.0585. The second-order valence-corrected chi connectivity index (χ2v) is 8.92. The number of aliphatic hydroxyl groups is 1. The first kappa shape index (κ1) is 21.6. The van der Waals surface area contributed by atoms with Crippen molar-refractivity contribution in [2.24, 2.45) is 0 Å². The summed E-state index contributed by atoms with van der Waals surface area (Å²) in [7, 11) is 0. The molecule has 0 aliphatic carbocycles. The van der Waals surface area contributed by atoms with Crippen molar-refractivity contribution in [1.82, 2.24) is 14.9 Å². The van der Waals surface area contributed by atoms with Crippen LogP contribution in [-0.4, -0.2) is 32.6 Å². The fourth-order valence-electron chi connectivity index (χ4n) is 5.00. The molecule has 4 atom stereocenters. The van der Waals surface area contributed by atoms with Crippen LogP contribution >= 0.6 is 0 Å². The van der Waals surface area contributed by atoms with Crippen LogP contribution in [0.5, 0.6) is 0 Å². The van der Waals surface area contributed by atoms with E-state index in [9.17, 15) is 14.7 Å². The van der Waals surface area contributed by atoms with Crippen molar-refractivity contribution in [3.63, 3.8) is 0 Å². The topological polar surface area (TPSA) is 96.2 Å². The molecule has 2 aliphatic heterocycles. The number of aliphatic hydroxyl groups excluding tert-OH is 1. The highest BCUT2D eigenvalue weighted by atomic mass is 16.3. The summed E-state index contributed by atoms with van der Waals surface area (Å²) in [6, 6.07) is 18.9. The average molecular weight is 445 g/mol. The number of nitrogens with zero attached hydrogens (tertiary/aromatic N) is 2. The van der Waals surface area contributed by atoms with E-state index in [1.165, 1.54) is 22.4 Å². The molecule has 2 unspecified atom stereocenters. The van der Waals surface area contributed by atoms with E-state index in [0.717, 1.165) is 24.8 Å². The molecule has 0 saturated carbocycles. The van der Waals surface area contributed by atoms with Crippen LogP contribution in [-0.2, 0) is 17.6 Å². The Labute approximate surface area is 192 Å². The summed E-state index contributed by atoms with van der Waals surface area (Å²) in [5.74, 6) is 0.476. The van der Waals surface area contributed by atoms with Gasteiger partial charge in [0, 0.05) is 36.5 Å². The Bertz CT molecular complexity index is 1180. The molecular weight excluding hydrogens is 416 g/mol. The SMILES string of the molecule is O=C(Nc1ccc(C[C@H]2CC[C@H](C(O)c3ccccc3)N2)cc1)C1CCc2nccc(=O)n21. The predicted octanol–water partition coefficient (Wildman–Crippen LogP) is 2.77. The van der Waals surface area contributed by atoms with Crippen LogP contribution in [0.15, 0.2) is 71.7 Å². The van der Waals surface area contributed by atoms with E-state index in [1.54, 1.807) is 0 Å². The third-order valence-electron chi connectivity index (χ3n) is 6.71. The molecule has 1 amide bonds. The Morgan fingerprint density at radius 2 is 1.88 bits per heavy atom. The van der Waals surface area contributed by atoms with E-state index in [1.807, 2.05) is 54.6 Å². The zero-order chi connectivity index (χ0) is 22.8. The zero-order valence-corrected chi connectivity index (χ0v) is 18.4. The number of aryl methyl sites for hydroxylation is 1. The number of anilines is 1. The second kappa shape index (κ2) is 9.29. The number of hydrogen-bond donors (Lipinski definition) is 3. The monoisotopic (exact) mass is 444 g/mol. The first-order valence-electron chi connectivity index (χ1n) is 11.5. The summed E-state index contributed by atoms with van der Waals surface area (Å²) in [6.07, 6.45) is 5.02. The smallest absolute Gasteiger partial charge is 0.254 e. The summed E-state index contributed by atoms with van der Waals surface area (Å²) in [4.78, 5) is 29.1. The quantitative estimate of drug-likeness (QED) is 0.543. The standard InChI is InChI=1S/C26H28N4O3/c31-24-14-15-27-23-13-12-22(30(23)24)26(33)29-19-8-6-17(7-9-19)16-20-10-11-21(28-20)25(32)18-4-2-1-3-5-18/h1-9,14-15,20-22,25,28,32H,10-13,16H2,(H,29,33)/t20-,21-,22?,25?/m1/s1. The van der Waals surface area contributed by atoms with Crippen molar-refractivity contribution in [3.8, 4) is 0 Å². The Morgan fingerprint density at radius 3 is 2.67 bits per heavy atom. The highest BCUT2D eigenvalue weighted by molar-refractivity contribution is 5.94. The molecule has 5 rings (SSSR count). The highest BCUT2D eigenvalue weighted by Crippen LogP contribution is 2.27. The van der Waals surface area contributed by atoms with Gasteiger partial charge in [-0.15, -0.1) is 0 Å². The van der Waals surface area contributed by atoms with Crippen LogP contribution in [0.2, 0.25) is 0 Å². The third kappa shape index (κ3) is 4.60. The van der Waals surface area contributed by atoms with Crippen molar-refractivity contribution in [2.75, 3.05) is 5.32 Å². The van der Waals surface area contributed by atoms with Crippen LogP contribution in [0.3, 0.4) is 0 Å². The lowest BCUT2D eigenvalue weighted by Gasteiger charge is -2.20.